The summed E-state index contributed by atoms with van der Waals surface area (Å²) in [4.78, 5) is 9.36. The number of ether oxygens (including phenoxy) is 2. The van der Waals surface area contributed by atoms with E-state index in [1.54, 1.807) is 7.11 Å². The van der Waals surface area contributed by atoms with Crippen LogP contribution in [0.2, 0.25) is 0 Å². The monoisotopic (exact) mass is 496 g/mol. The van der Waals surface area contributed by atoms with Gasteiger partial charge in [-0.05, 0) is 55.5 Å². The summed E-state index contributed by atoms with van der Waals surface area (Å²) < 4.78 is 17.2. The van der Waals surface area contributed by atoms with E-state index in [0.29, 0.717) is 36.7 Å². The first kappa shape index (κ1) is 26.1. The highest BCUT2D eigenvalue weighted by Gasteiger charge is 2.22. The van der Waals surface area contributed by atoms with Crippen molar-refractivity contribution in [1.82, 2.24) is 20.4 Å². The van der Waals surface area contributed by atoms with E-state index in [1.165, 1.54) is 12.8 Å². The zero-order valence-electron chi connectivity index (χ0n) is 21.3. The number of nitrogens with zero attached hydrogens (tertiary/aromatic N) is 3. The smallest absolute Gasteiger partial charge is 0.258 e. The van der Waals surface area contributed by atoms with E-state index in [4.69, 9.17) is 19.0 Å². The number of hydrogen-bond acceptors (Lipinski definition) is 9. The molecule has 2 aromatic heterocycles. The topological polar surface area (TPSA) is 123 Å². The van der Waals surface area contributed by atoms with Crippen molar-refractivity contribution in [2.45, 2.75) is 57.9 Å². The summed E-state index contributed by atoms with van der Waals surface area (Å²) in [5, 5.41) is 25.7. The molecule has 1 saturated carbocycles. The lowest BCUT2D eigenvalue weighted by molar-refractivity contribution is 0.166. The number of rotatable bonds is 12. The molecule has 3 N–H and O–H groups in total. The Morgan fingerprint density at radius 2 is 1.86 bits per heavy atom. The summed E-state index contributed by atoms with van der Waals surface area (Å²) in [5.41, 5.74) is 4.72. The van der Waals surface area contributed by atoms with Gasteiger partial charge in [0.25, 0.3) is 5.89 Å². The van der Waals surface area contributed by atoms with Crippen molar-refractivity contribution < 1.29 is 24.2 Å². The third-order valence-electron chi connectivity index (χ3n) is 6.69. The van der Waals surface area contributed by atoms with Crippen LogP contribution in [0.4, 0.5) is 0 Å². The van der Waals surface area contributed by atoms with Gasteiger partial charge < -0.3 is 29.5 Å². The van der Waals surface area contributed by atoms with Crippen LogP contribution in [0.3, 0.4) is 0 Å². The molecule has 0 unspecified atom stereocenters. The van der Waals surface area contributed by atoms with E-state index in [2.05, 4.69) is 22.4 Å². The van der Waals surface area contributed by atoms with Gasteiger partial charge in [0.2, 0.25) is 11.7 Å². The van der Waals surface area contributed by atoms with Gasteiger partial charge in [0.05, 0.1) is 26.4 Å². The molecule has 3 aromatic rings. The maximum absolute atomic E-state index is 9.18. The van der Waals surface area contributed by atoms with Gasteiger partial charge in [-0.25, -0.2) is 4.98 Å². The molecule has 1 aliphatic rings. The standard InChI is InChI=1S/C27H36N4O5/c1-4-18-12-20(11-17(2)25(18)35-10-9-28-22(15-32)16-33)26-30-27(36-31-26)21-13-23(19-7-5-6-8-19)29-24(14-21)34-3/h11-14,19,22,28,32-33H,4-10,15-16H2,1-3H3. The number of aliphatic hydroxyl groups is 2. The number of hydrogen-bond donors (Lipinski definition) is 3. The van der Waals surface area contributed by atoms with Crippen molar-refractivity contribution in [2.75, 3.05) is 33.5 Å². The number of methoxy groups -OCH3 is 1. The molecule has 4 rings (SSSR count). The van der Waals surface area contributed by atoms with Crippen LogP contribution in [-0.2, 0) is 6.42 Å². The maximum Gasteiger partial charge on any atom is 0.258 e. The summed E-state index contributed by atoms with van der Waals surface area (Å²) >= 11 is 0. The minimum Gasteiger partial charge on any atom is -0.492 e. The molecule has 0 amide bonds. The van der Waals surface area contributed by atoms with E-state index in [9.17, 15) is 10.2 Å². The van der Waals surface area contributed by atoms with Crippen molar-refractivity contribution in [2.24, 2.45) is 0 Å². The Morgan fingerprint density at radius 1 is 1.08 bits per heavy atom. The lowest BCUT2D eigenvalue weighted by atomic mass is 10.0. The molecular formula is C27H36N4O5. The van der Waals surface area contributed by atoms with Crippen LogP contribution in [0.15, 0.2) is 28.8 Å². The highest BCUT2D eigenvalue weighted by atomic mass is 16.5. The van der Waals surface area contributed by atoms with Crippen molar-refractivity contribution in [3.05, 3.63) is 41.1 Å². The van der Waals surface area contributed by atoms with Crippen LogP contribution in [0.5, 0.6) is 11.6 Å². The van der Waals surface area contributed by atoms with Gasteiger partial charge >= 0.3 is 0 Å². The largest absolute Gasteiger partial charge is 0.492 e. The van der Waals surface area contributed by atoms with E-state index < -0.39 is 0 Å². The molecule has 0 saturated heterocycles. The minimum atomic E-state index is -0.343. The van der Waals surface area contributed by atoms with Crippen LogP contribution in [0.1, 0.15) is 55.3 Å². The quantitative estimate of drug-likeness (QED) is 0.322. The fourth-order valence-electron chi connectivity index (χ4n) is 4.69. The van der Waals surface area contributed by atoms with Crippen molar-refractivity contribution >= 4 is 0 Å². The molecule has 9 heteroatoms. The van der Waals surface area contributed by atoms with Crippen LogP contribution in [0.25, 0.3) is 22.8 Å². The van der Waals surface area contributed by atoms with Crippen molar-refractivity contribution in [1.29, 1.82) is 0 Å². The molecule has 0 bridgehead atoms. The molecule has 0 aliphatic heterocycles. The highest BCUT2D eigenvalue weighted by molar-refractivity contribution is 5.64. The lowest BCUT2D eigenvalue weighted by Crippen LogP contribution is -2.38. The van der Waals surface area contributed by atoms with Gasteiger partial charge in [-0.2, -0.15) is 4.98 Å². The van der Waals surface area contributed by atoms with Gasteiger partial charge in [0.15, 0.2) is 0 Å². The number of benzene rings is 1. The number of pyridine rings is 1. The molecule has 36 heavy (non-hydrogen) atoms. The van der Waals surface area contributed by atoms with Crippen LogP contribution in [0, 0.1) is 6.92 Å². The van der Waals surface area contributed by atoms with E-state index >= 15 is 0 Å². The second kappa shape index (κ2) is 12.3. The summed E-state index contributed by atoms with van der Waals surface area (Å²) in [6, 6.07) is 7.57. The number of nitrogens with one attached hydrogen (secondary N) is 1. The van der Waals surface area contributed by atoms with Gasteiger partial charge in [0, 0.05) is 35.3 Å². The van der Waals surface area contributed by atoms with E-state index in [0.717, 1.165) is 53.0 Å². The summed E-state index contributed by atoms with van der Waals surface area (Å²) in [6.45, 7) is 4.77. The van der Waals surface area contributed by atoms with Crippen molar-refractivity contribution in [3.63, 3.8) is 0 Å². The first-order valence-corrected chi connectivity index (χ1v) is 12.7. The number of aryl methyl sites for hydroxylation is 2. The third-order valence-corrected chi connectivity index (χ3v) is 6.69. The minimum absolute atomic E-state index is 0.120. The fraction of sp³-hybridized carbons (Fsp3) is 0.519. The Balaban J connectivity index is 1.53. The Hall–Kier alpha value is -3.01. The van der Waals surface area contributed by atoms with Gasteiger partial charge in [-0.3, -0.25) is 0 Å². The molecule has 1 aromatic carbocycles. The molecular weight excluding hydrogens is 460 g/mol. The normalized spacial score (nSPS) is 14.1. The average molecular weight is 497 g/mol. The molecule has 0 atom stereocenters. The van der Waals surface area contributed by atoms with Crippen molar-refractivity contribution in [3.8, 4) is 34.5 Å². The lowest BCUT2D eigenvalue weighted by Gasteiger charge is -2.17. The first-order chi connectivity index (χ1) is 17.6. The zero-order chi connectivity index (χ0) is 25.5. The Bertz CT molecular complexity index is 1140. The molecule has 9 nitrogen and oxygen atoms in total. The fourth-order valence-corrected chi connectivity index (χ4v) is 4.69. The second-order valence-electron chi connectivity index (χ2n) is 9.23. The molecule has 194 valence electrons. The van der Waals surface area contributed by atoms with Crippen LogP contribution < -0.4 is 14.8 Å². The zero-order valence-corrected chi connectivity index (χ0v) is 21.3. The highest BCUT2D eigenvalue weighted by Crippen LogP contribution is 2.36. The average Bonchev–Trinajstić information content (AvgIpc) is 3.62. The predicted molar refractivity (Wildman–Crippen MR) is 136 cm³/mol. The maximum atomic E-state index is 9.18. The summed E-state index contributed by atoms with van der Waals surface area (Å²) in [5.74, 6) is 2.78. The van der Waals surface area contributed by atoms with Gasteiger partial charge in [-0.1, -0.05) is 24.9 Å². The molecule has 0 spiro atoms. The van der Waals surface area contributed by atoms with E-state index in [-0.39, 0.29) is 19.3 Å². The molecule has 2 heterocycles. The number of aromatic nitrogens is 3. The number of aliphatic hydroxyl groups excluding tert-OH is 2. The molecule has 0 radical (unpaired) electrons. The SMILES string of the molecule is CCc1cc(-c2noc(-c3cc(OC)nc(C4CCCC4)c3)n2)cc(C)c1OCCNC(CO)CO. The Kier molecular flexibility index (Phi) is 8.90. The van der Waals surface area contributed by atoms with Gasteiger partial charge in [0.1, 0.15) is 12.4 Å². The molecule has 1 aliphatic carbocycles. The van der Waals surface area contributed by atoms with Crippen LogP contribution >= 0.6 is 0 Å². The third kappa shape index (κ3) is 6.03. The second-order valence-corrected chi connectivity index (χ2v) is 9.23. The Morgan fingerprint density at radius 3 is 2.56 bits per heavy atom. The van der Waals surface area contributed by atoms with Gasteiger partial charge in [-0.15, -0.1) is 0 Å². The Labute approximate surface area is 211 Å². The molecule has 1 fully saturated rings. The first-order valence-electron chi connectivity index (χ1n) is 12.7. The summed E-state index contributed by atoms with van der Waals surface area (Å²) in [7, 11) is 1.62. The van der Waals surface area contributed by atoms with E-state index in [1.807, 2.05) is 31.2 Å². The predicted octanol–water partition coefficient (Wildman–Crippen LogP) is 3.66. The summed E-state index contributed by atoms with van der Waals surface area (Å²) in [6.07, 6.45) is 5.52. The van der Waals surface area contributed by atoms with Crippen LogP contribution in [-0.4, -0.2) is 64.9 Å².